The number of rotatable bonds is 6. The quantitative estimate of drug-likeness (QED) is 0.279. The summed E-state index contributed by atoms with van der Waals surface area (Å²) in [6.07, 6.45) is 5.29. The third kappa shape index (κ3) is 4.60. The molecule has 0 fully saturated rings. The molecule has 4 rings (SSSR count). The lowest BCUT2D eigenvalue weighted by molar-refractivity contribution is -0.131. The number of fused-ring (bicyclic) bond motifs is 1. The van der Waals surface area contributed by atoms with Crippen LogP contribution in [0.1, 0.15) is 46.7 Å². The van der Waals surface area contributed by atoms with E-state index in [0.717, 1.165) is 62.4 Å². The van der Waals surface area contributed by atoms with E-state index in [1.807, 2.05) is 54.7 Å². The minimum Gasteiger partial charge on any atom is -0.478 e. The smallest absolute Gasteiger partial charge is 0.328 e. The molecule has 5 nitrogen and oxygen atoms in total. The second-order valence-corrected chi connectivity index (χ2v) is 7.81. The van der Waals surface area contributed by atoms with E-state index in [1.54, 1.807) is 6.08 Å². The number of hydrogen-bond acceptors (Lipinski definition) is 3. The highest BCUT2D eigenvalue weighted by atomic mass is 16.4. The number of nitrogens with zero attached hydrogens (tertiary/aromatic N) is 2. The van der Waals surface area contributed by atoms with Gasteiger partial charge in [0.15, 0.2) is 0 Å². The number of nitrogens with one attached hydrogen (secondary N) is 1. The molecule has 0 aliphatic heterocycles. The van der Waals surface area contributed by atoms with E-state index >= 15 is 0 Å². The fraction of sp³-hybridized carbons (Fsp3) is 0.107. The summed E-state index contributed by atoms with van der Waals surface area (Å²) >= 11 is 0. The number of nitriles is 1. The second kappa shape index (κ2) is 9.37. The number of aryl methyl sites for hydroxylation is 1. The second-order valence-electron chi connectivity index (χ2n) is 7.81. The molecular formula is C28H23N3O2. The summed E-state index contributed by atoms with van der Waals surface area (Å²) < 4.78 is 0. The fourth-order valence-corrected chi connectivity index (χ4v) is 4.06. The maximum Gasteiger partial charge on any atom is 0.328 e. The molecule has 0 bridgehead atoms. The maximum absolute atomic E-state index is 10.9. The summed E-state index contributed by atoms with van der Waals surface area (Å²) in [4.78, 5) is 10.9. The van der Waals surface area contributed by atoms with E-state index in [9.17, 15) is 10.1 Å². The van der Waals surface area contributed by atoms with Crippen LogP contribution in [0.4, 0.5) is 0 Å². The molecule has 0 atom stereocenters. The van der Waals surface area contributed by atoms with Crippen molar-refractivity contribution in [1.29, 1.82) is 5.26 Å². The number of aromatic amines is 1. The number of hydrogen-bond donors (Lipinski definition) is 2. The molecule has 1 heterocycles. The Labute approximate surface area is 192 Å². The molecule has 0 aliphatic carbocycles. The molecule has 0 spiro atoms. The lowest BCUT2D eigenvalue weighted by atomic mass is 9.85. The van der Waals surface area contributed by atoms with Gasteiger partial charge < -0.3 is 5.11 Å². The van der Waals surface area contributed by atoms with E-state index in [2.05, 4.69) is 42.2 Å². The first-order valence-electron chi connectivity index (χ1n) is 10.7. The Morgan fingerprint density at radius 2 is 1.85 bits per heavy atom. The van der Waals surface area contributed by atoms with E-state index in [1.165, 1.54) is 0 Å². The van der Waals surface area contributed by atoms with E-state index < -0.39 is 5.97 Å². The first-order valence-corrected chi connectivity index (χ1v) is 10.7. The minimum absolute atomic E-state index is 0.625. The molecule has 2 N–H and O–H groups in total. The van der Waals surface area contributed by atoms with Crippen LogP contribution in [0.2, 0.25) is 0 Å². The molecule has 4 aromatic rings. The van der Waals surface area contributed by atoms with Gasteiger partial charge in [-0.05, 0) is 82.6 Å². The molecule has 0 saturated carbocycles. The topological polar surface area (TPSA) is 89.8 Å². The van der Waals surface area contributed by atoms with Crippen LogP contribution in [-0.2, 0) is 4.79 Å². The third-order valence-corrected chi connectivity index (χ3v) is 5.69. The summed E-state index contributed by atoms with van der Waals surface area (Å²) in [5.41, 5.74) is 8.84. The molecular weight excluding hydrogens is 410 g/mol. The molecule has 3 aromatic carbocycles. The van der Waals surface area contributed by atoms with Gasteiger partial charge in [0.2, 0.25) is 0 Å². The fourth-order valence-electron chi connectivity index (χ4n) is 4.06. The van der Waals surface area contributed by atoms with Crippen molar-refractivity contribution in [2.24, 2.45) is 0 Å². The van der Waals surface area contributed by atoms with Gasteiger partial charge in [0.1, 0.15) is 0 Å². The van der Waals surface area contributed by atoms with Gasteiger partial charge in [0.25, 0.3) is 0 Å². The van der Waals surface area contributed by atoms with Gasteiger partial charge in [0.05, 0.1) is 23.3 Å². The molecule has 33 heavy (non-hydrogen) atoms. The SMILES string of the molecule is CCC(=C(c1ccc(C=CC(=O)O)cc1)c1ccc2[nH]ncc2c1)c1cc(C#N)ccc1C. The first kappa shape index (κ1) is 21.8. The maximum atomic E-state index is 10.9. The zero-order valence-electron chi connectivity index (χ0n) is 18.5. The average Bonchev–Trinajstić information content (AvgIpc) is 3.30. The highest BCUT2D eigenvalue weighted by Gasteiger charge is 2.16. The Kier molecular flexibility index (Phi) is 6.19. The van der Waals surface area contributed by atoms with Crippen molar-refractivity contribution in [2.45, 2.75) is 20.3 Å². The van der Waals surface area contributed by atoms with Crippen molar-refractivity contribution < 1.29 is 9.90 Å². The number of carboxylic acids is 1. The van der Waals surface area contributed by atoms with Crippen molar-refractivity contribution in [3.63, 3.8) is 0 Å². The highest BCUT2D eigenvalue weighted by molar-refractivity contribution is 6.01. The van der Waals surface area contributed by atoms with Crippen LogP contribution >= 0.6 is 0 Å². The molecule has 0 radical (unpaired) electrons. The number of H-pyrrole nitrogens is 1. The van der Waals surface area contributed by atoms with Crippen LogP contribution in [0, 0.1) is 18.3 Å². The number of allylic oxidation sites excluding steroid dienone is 1. The van der Waals surface area contributed by atoms with Crippen molar-refractivity contribution in [1.82, 2.24) is 10.2 Å². The third-order valence-electron chi connectivity index (χ3n) is 5.69. The van der Waals surface area contributed by atoms with Gasteiger partial charge >= 0.3 is 5.97 Å². The number of aromatic nitrogens is 2. The number of benzene rings is 3. The lowest BCUT2D eigenvalue weighted by Gasteiger charge is -2.18. The average molecular weight is 434 g/mol. The van der Waals surface area contributed by atoms with Crippen LogP contribution in [0.15, 0.2) is 72.9 Å². The number of aliphatic carboxylic acids is 1. The summed E-state index contributed by atoms with van der Waals surface area (Å²) in [6, 6.07) is 22.1. The first-order chi connectivity index (χ1) is 16.0. The summed E-state index contributed by atoms with van der Waals surface area (Å²) in [7, 11) is 0. The zero-order chi connectivity index (χ0) is 23.4. The summed E-state index contributed by atoms with van der Waals surface area (Å²) in [5, 5.41) is 26.5. The predicted molar refractivity (Wildman–Crippen MR) is 131 cm³/mol. The Bertz CT molecular complexity index is 1430. The Morgan fingerprint density at radius 1 is 1.09 bits per heavy atom. The van der Waals surface area contributed by atoms with Crippen molar-refractivity contribution in [3.05, 3.63) is 106 Å². The molecule has 0 unspecified atom stereocenters. The monoisotopic (exact) mass is 433 g/mol. The van der Waals surface area contributed by atoms with Crippen LogP contribution in [0.3, 0.4) is 0 Å². The molecule has 0 saturated heterocycles. The Morgan fingerprint density at radius 3 is 2.55 bits per heavy atom. The number of carbonyl (C=O) groups is 1. The summed E-state index contributed by atoms with van der Waals surface area (Å²) in [5.74, 6) is -0.978. The van der Waals surface area contributed by atoms with Crippen LogP contribution in [0.5, 0.6) is 0 Å². The van der Waals surface area contributed by atoms with Crippen molar-refractivity contribution in [3.8, 4) is 6.07 Å². The van der Waals surface area contributed by atoms with Crippen LogP contribution in [0.25, 0.3) is 28.1 Å². The molecule has 162 valence electrons. The van der Waals surface area contributed by atoms with Gasteiger partial charge in [-0.1, -0.05) is 43.3 Å². The van der Waals surface area contributed by atoms with Crippen LogP contribution < -0.4 is 0 Å². The standard InChI is InChI=1S/C28H23N3O2/c1-3-24(25-14-20(16-29)5-4-18(25)2)28(22-11-12-26-23(15-22)17-30-31-26)21-9-6-19(7-10-21)8-13-27(32)33/h4-15,17H,3H2,1-2H3,(H,30,31)(H,32,33). The van der Waals surface area contributed by atoms with Gasteiger partial charge in [-0.25, -0.2) is 4.79 Å². The van der Waals surface area contributed by atoms with Crippen LogP contribution in [-0.4, -0.2) is 21.3 Å². The van der Waals surface area contributed by atoms with Gasteiger partial charge in [-0.2, -0.15) is 10.4 Å². The van der Waals surface area contributed by atoms with E-state index in [4.69, 9.17) is 5.11 Å². The van der Waals surface area contributed by atoms with Crippen molar-refractivity contribution >= 4 is 34.1 Å². The van der Waals surface area contributed by atoms with Gasteiger partial charge in [-0.15, -0.1) is 0 Å². The van der Waals surface area contributed by atoms with E-state index in [-0.39, 0.29) is 0 Å². The minimum atomic E-state index is -0.978. The van der Waals surface area contributed by atoms with E-state index in [0.29, 0.717) is 5.56 Å². The van der Waals surface area contributed by atoms with Crippen molar-refractivity contribution in [2.75, 3.05) is 0 Å². The molecule has 5 heteroatoms. The largest absolute Gasteiger partial charge is 0.478 e. The molecule has 1 aromatic heterocycles. The van der Waals surface area contributed by atoms with Gasteiger partial charge in [-0.3, -0.25) is 5.10 Å². The zero-order valence-corrected chi connectivity index (χ0v) is 18.5. The highest BCUT2D eigenvalue weighted by Crippen LogP contribution is 2.37. The predicted octanol–water partition coefficient (Wildman–Crippen LogP) is 6.21. The normalized spacial score (nSPS) is 12.0. The molecule has 0 aliphatic rings. The van der Waals surface area contributed by atoms with Gasteiger partial charge in [0, 0.05) is 11.5 Å². The Hall–Kier alpha value is -4.43. The Balaban J connectivity index is 1.96. The lowest BCUT2D eigenvalue weighted by Crippen LogP contribution is -1.98. The summed E-state index contributed by atoms with van der Waals surface area (Å²) in [6.45, 7) is 4.18. The number of carboxylic acid groups (broad SMARTS) is 1. The molecule has 0 amide bonds.